The first-order chi connectivity index (χ1) is 13.7. The third-order valence-electron chi connectivity index (χ3n) is 3.55. The fourth-order valence-electron chi connectivity index (χ4n) is 2.31. The van der Waals surface area contributed by atoms with Crippen molar-refractivity contribution in [2.45, 2.75) is 11.0 Å². The molecule has 2 aromatic carbocycles. The molecule has 0 saturated heterocycles. The van der Waals surface area contributed by atoms with Crippen molar-refractivity contribution in [1.82, 2.24) is 25.1 Å². The Balaban J connectivity index is 1.44. The zero-order valence-corrected chi connectivity index (χ0v) is 16.0. The molecule has 0 unspecified atom stereocenters. The Morgan fingerprint density at radius 1 is 0.964 bits per heavy atom. The van der Waals surface area contributed by atoms with Crippen LogP contribution in [0.3, 0.4) is 0 Å². The fraction of sp³-hybridized carbons (Fsp3) is 0.0556. The minimum atomic E-state index is 0.136. The topological polar surface area (TPSA) is 116 Å². The zero-order chi connectivity index (χ0) is 19.3. The summed E-state index contributed by atoms with van der Waals surface area (Å²) in [6.45, 7) is 0. The van der Waals surface area contributed by atoms with Crippen molar-refractivity contribution in [3.05, 3.63) is 65.4 Å². The van der Waals surface area contributed by atoms with Gasteiger partial charge >= 0.3 is 0 Å². The summed E-state index contributed by atoms with van der Waals surface area (Å²) >= 11 is 7.21. The lowest BCUT2D eigenvalue weighted by molar-refractivity contribution is 0.465. The highest BCUT2D eigenvalue weighted by Crippen LogP contribution is 2.26. The molecule has 0 bridgehead atoms. The lowest BCUT2D eigenvalue weighted by Crippen LogP contribution is -2.06. The molecule has 28 heavy (non-hydrogen) atoms. The van der Waals surface area contributed by atoms with Gasteiger partial charge in [0.15, 0.2) is 0 Å². The van der Waals surface area contributed by atoms with E-state index in [0.717, 1.165) is 11.3 Å². The van der Waals surface area contributed by atoms with E-state index in [1.807, 2.05) is 42.5 Å². The number of hydrogen-bond acceptors (Lipinski definition) is 9. The van der Waals surface area contributed by atoms with Crippen molar-refractivity contribution in [2.24, 2.45) is 0 Å². The van der Waals surface area contributed by atoms with E-state index in [0.29, 0.717) is 33.7 Å². The number of halogens is 1. The highest BCUT2D eigenvalue weighted by molar-refractivity contribution is 7.98. The maximum absolute atomic E-state index is 5.89. The Hall–Kier alpha value is -3.17. The zero-order valence-electron chi connectivity index (χ0n) is 14.4. The fourth-order valence-corrected chi connectivity index (χ4v) is 3.06. The summed E-state index contributed by atoms with van der Waals surface area (Å²) in [6.07, 6.45) is 0. The predicted molar refractivity (Wildman–Crippen MR) is 108 cm³/mol. The quantitative estimate of drug-likeness (QED) is 0.450. The number of nitrogens with two attached hydrogens (primary N) is 1. The molecule has 0 atom stereocenters. The molecule has 0 aliphatic rings. The van der Waals surface area contributed by atoms with Crippen molar-refractivity contribution >= 4 is 40.9 Å². The average molecular weight is 412 g/mol. The van der Waals surface area contributed by atoms with E-state index in [2.05, 4.69) is 30.5 Å². The van der Waals surface area contributed by atoms with Crippen molar-refractivity contribution in [3.63, 3.8) is 0 Å². The van der Waals surface area contributed by atoms with E-state index < -0.39 is 0 Å². The molecule has 0 spiro atoms. The van der Waals surface area contributed by atoms with E-state index in [1.54, 1.807) is 12.1 Å². The van der Waals surface area contributed by atoms with Gasteiger partial charge in [-0.05, 0) is 36.4 Å². The lowest BCUT2D eigenvalue weighted by Gasteiger charge is -2.06. The van der Waals surface area contributed by atoms with Crippen molar-refractivity contribution in [1.29, 1.82) is 0 Å². The molecular weight excluding hydrogens is 398 g/mol. The summed E-state index contributed by atoms with van der Waals surface area (Å²) < 4.78 is 5.67. The summed E-state index contributed by atoms with van der Waals surface area (Å²) in [7, 11) is 0. The van der Waals surface area contributed by atoms with Gasteiger partial charge in [0.1, 0.15) is 5.82 Å². The van der Waals surface area contributed by atoms with Crippen LogP contribution in [-0.4, -0.2) is 25.1 Å². The van der Waals surface area contributed by atoms with Crippen molar-refractivity contribution in [3.8, 4) is 11.5 Å². The second-order valence-electron chi connectivity index (χ2n) is 5.59. The van der Waals surface area contributed by atoms with Gasteiger partial charge in [0.2, 0.25) is 17.8 Å². The van der Waals surface area contributed by atoms with Gasteiger partial charge in [-0.2, -0.15) is 15.0 Å². The highest BCUT2D eigenvalue weighted by Gasteiger charge is 2.11. The number of rotatable bonds is 6. The van der Waals surface area contributed by atoms with Crippen LogP contribution in [0, 0.1) is 0 Å². The number of aromatic nitrogens is 5. The summed E-state index contributed by atoms with van der Waals surface area (Å²) in [6, 6.07) is 16.7. The first-order valence-corrected chi connectivity index (χ1v) is 9.57. The van der Waals surface area contributed by atoms with Crippen LogP contribution in [-0.2, 0) is 5.75 Å². The molecule has 2 heterocycles. The van der Waals surface area contributed by atoms with Gasteiger partial charge < -0.3 is 15.5 Å². The molecular formula is C18H14ClN7OS. The number of para-hydroxylation sites is 1. The van der Waals surface area contributed by atoms with E-state index >= 15 is 0 Å². The molecule has 3 N–H and O–H groups in total. The van der Waals surface area contributed by atoms with Gasteiger partial charge in [-0.1, -0.05) is 41.6 Å². The third-order valence-corrected chi connectivity index (χ3v) is 4.62. The van der Waals surface area contributed by atoms with Crippen LogP contribution < -0.4 is 11.1 Å². The summed E-state index contributed by atoms with van der Waals surface area (Å²) in [4.78, 5) is 12.6. The van der Waals surface area contributed by atoms with Gasteiger partial charge in [0.25, 0.3) is 5.22 Å². The number of nitrogens with zero attached hydrogens (tertiary/aromatic N) is 5. The Bertz CT molecular complexity index is 1070. The molecule has 4 aromatic rings. The molecule has 0 fully saturated rings. The smallest absolute Gasteiger partial charge is 0.277 e. The predicted octanol–water partition coefficient (Wildman–Crippen LogP) is 4.19. The first-order valence-electron chi connectivity index (χ1n) is 8.20. The van der Waals surface area contributed by atoms with Crippen molar-refractivity contribution < 1.29 is 4.42 Å². The van der Waals surface area contributed by atoms with E-state index in [-0.39, 0.29) is 5.95 Å². The first kappa shape index (κ1) is 18.2. The largest absolute Gasteiger partial charge is 0.411 e. The average Bonchev–Trinajstić information content (AvgIpc) is 3.16. The maximum atomic E-state index is 5.89. The molecule has 8 nitrogen and oxygen atoms in total. The highest BCUT2D eigenvalue weighted by atomic mass is 35.5. The Morgan fingerprint density at radius 3 is 2.54 bits per heavy atom. The lowest BCUT2D eigenvalue weighted by atomic mass is 10.2. The Morgan fingerprint density at radius 2 is 1.75 bits per heavy atom. The van der Waals surface area contributed by atoms with Crippen LogP contribution in [0.2, 0.25) is 5.02 Å². The molecule has 0 radical (unpaired) electrons. The number of nitrogen functional groups attached to an aromatic ring is 1. The van der Waals surface area contributed by atoms with E-state index in [9.17, 15) is 0 Å². The number of thioether (sulfide) groups is 1. The molecule has 0 saturated carbocycles. The summed E-state index contributed by atoms with van der Waals surface area (Å²) in [5.74, 6) is 1.83. The Labute approximate surface area is 169 Å². The minimum absolute atomic E-state index is 0.136. The number of nitrogens with one attached hydrogen (secondary N) is 1. The molecule has 140 valence electrons. The van der Waals surface area contributed by atoms with E-state index in [1.165, 1.54) is 11.8 Å². The standard InChI is InChI=1S/C18H14ClN7OS/c19-12-8-6-11(7-9-12)15-25-26-18(27-15)28-10-14-22-16(20)24-17(23-14)21-13-4-2-1-3-5-13/h1-9H,10H2,(H3,20,21,22,23,24). The second-order valence-corrected chi connectivity index (χ2v) is 6.96. The summed E-state index contributed by atoms with van der Waals surface area (Å²) in [5, 5.41) is 12.2. The van der Waals surface area contributed by atoms with Gasteiger partial charge in [0.05, 0.1) is 5.75 Å². The number of hydrogen-bond donors (Lipinski definition) is 2. The summed E-state index contributed by atoms with van der Waals surface area (Å²) in [5.41, 5.74) is 7.45. The SMILES string of the molecule is Nc1nc(CSc2nnc(-c3ccc(Cl)cc3)o2)nc(Nc2ccccc2)n1. The van der Waals surface area contributed by atoms with Crippen LogP contribution in [0.4, 0.5) is 17.6 Å². The van der Waals surface area contributed by atoms with Crippen LogP contribution in [0.5, 0.6) is 0 Å². The molecule has 4 rings (SSSR count). The number of benzene rings is 2. The second kappa shape index (κ2) is 8.24. The maximum Gasteiger partial charge on any atom is 0.277 e. The van der Waals surface area contributed by atoms with Crippen LogP contribution in [0.25, 0.3) is 11.5 Å². The monoisotopic (exact) mass is 411 g/mol. The van der Waals surface area contributed by atoms with Gasteiger partial charge in [0, 0.05) is 16.3 Å². The molecule has 0 aliphatic carbocycles. The minimum Gasteiger partial charge on any atom is -0.411 e. The van der Waals surface area contributed by atoms with Gasteiger partial charge in [-0.3, -0.25) is 0 Å². The molecule has 10 heteroatoms. The van der Waals surface area contributed by atoms with Crippen LogP contribution in [0.1, 0.15) is 5.82 Å². The molecule has 0 amide bonds. The number of anilines is 3. The van der Waals surface area contributed by atoms with E-state index in [4.69, 9.17) is 21.8 Å². The molecule has 2 aromatic heterocycles. The van der Waals surface area contributed by atoms with Crippen molar-refractivity contribution in [2.75, 3.05) is 11.1 Å². The van der Waals surface area contributed by atoms with Crippen LogP contribution >= 0.6 is 23.4 Å². The Kier molecular flexibility index (Phi) is 5.36. The third kappa shape index (κ3) is 4.56. The van der Waals surface area contributed by atoms with Crippen LogP contribution in [0.15, 0.2) is 64.2 Å². The van der Waals surface area contributed by atoms with Gasteiger partial charge in [-0.15, -0.1) is 10.2 Å². The molecule has 0 aliphatic heterocycles. The normalized spacial score (nSPS) is 10.8. The van der Waals surface area contributed by atoms with Gasteiger partial charge in [-0.25, -0.2) is 0 Å².